The zero-order chi connectivity index (χ0) is 19.1. The van der Waals surface area contributed by atoms with E-state index in [0.29, 0.717) is 35.4 Å². The Morgan fingerprint density at radius 3 is 2.46 bits per heavy atom. The second-order valence-electron chi connectivity index (χ2n) is 5.93. The lowest BCUT2D eigenvalue weighted by Gasteiger charge is -2.18. The van der Waals surface area contributed by atoms with Gasteiger partial charge in [0.1, 0.15) is 23.1 Å². The number of carbonyl (C=O) groups excluding carboxylic acids is 1. The zero-order valence-corrected chi connectivity index (χ0v) is 16.1. The fourth-order valence-corrected chi connectivity index (χ4v) is 2.36. The number of hydrogen-bond acceptors (Lipinski definition) is 5. The highest BCUT2D eigenvalue weighted by molar-refractivity contribution is 6.32. The summed E-state index contributed by atoms with van der Waals surface area (Å²) in [6.07, 6.45) is 1.42. The van der Waals surface area contributed by atoms with E-state index in [9.17, 15) is 4.79 Å². The molecule has 7 heteroatoms. The number of carbonyl (C=O) groups is 1. The molecule has 0 aliphatic carbocycles. The second-order valence-corrected chi connectivity index (χ2v) is 6.34. The smallest absolute Gasteiger partial charge is 0.255 e. The molecule has 1 aromatic carbocycles. The van der Waals surface area contributed by atoms with Gasteiger partial charge in [0.25, 0.3) is 5.91 Å². The third kappa shape index (κ3) is 5.52. The van der Waals surface area contributed by atoms with Crippen LogP contribution in [0, 0.1) is 0 Å². The summed E-state index contributed by atoms with van der Waals surface area (Å²) in [4.78, 5) is 18.1. The fourth-order valence-electron chi connectivity index (χ4n) is 2.15. The van der Waals surface area contributed by atoms with Crippen molar-refractivity contribution in [1.29, 1.82) is 0 Å². The third-order valence-electron chi connectivity index (χ3n) is 3.50. The molecule has 140 valence electrons. The fraction of sp³-hybridized carbons (Fsp3) is 0.368. The summed E-state index contributed by atoms with van der Waals surface area (Å²) < 4.78 is 16.2. The predicted octanol–water partition coefficient (Wildman–Crippen LogP) is 3.68. The first-order chi connectivity index (χ1) is 12.4. The summed E-state index contributed by atoms with van der Waals surface area (Å²) in [5.74, 6) is 1.61. The van der Waals surface area contributed by atoms with Gasteiger partial charge in [-0.25, -0.2) is 4.98 Å². The molecule has 2 rings (SSSR count). The predicted molar refractivity (Wildman–Crippen MR) is 100 cm³/mol. The van der Waals surface area contributed by atoms with Crippen molar-refractivity contribution in [3.05, 3.63) is 47.1 Å². The van der Waals surface area contributed by atoms with Crippen LogP contribution in [0.25, 0.3) is 0 Å². The number of benzene rings is 1. The van der Waals surface area contributed by atoms with Crippen LogP contribution in [0.1, 0.15) is 24.2 Å². The normalized spacial score (nSPS) is 10.5. The van der Waals surface area contributed by atoms with Crippen molar-refractivity contribution in [2.24, 2.45) is 0 Å². The van der Waals surface area contributed by atoms with E-state index in [4.69, 9.17) is 25.8 Å². The minimum absolute atomic E-state index is 0.0423. The Balaban J connectivity index is 1.89. The quantitative estimate of drug-likeness (QED) is 0.701. The average molecular weight is 379 g/mol. The summed E-state index contributed by atoms with van der Waals surface area (Å²) in [6.45, 7) is 4.55. The Morgan fingerprint density at radius 1 is 1.23 bits per heavy atom. The minimum Gasteiger partial charge on any atom is -0.497 e. The van der Waals surface area contributed by atoms with Crippen molar-refractivity contribution in [2.45, 2.75) is 20.0 Å². The monoisotopic (exact) mass is 378 g/mol. The summed E-state index contributed by atoms with van der Waals surface area (Å²) in [6, 6.07) is 8.84. The summed E-state index contributed by atoms with van der Waals surface area (Å²) in [5.41, 5.74) is 0.401. The van der Waals surface area contributed by atoms with Gasteiger partial charge >= 0.3 is 0 Å². The standard InChI is InChI=1S/C19H23ClN2O4/c1-13(2)26-18-17(20)11-14(12-21-18)19(23)22(3)9-10-25-16-7-5-15(24-4)6-8-16/h5-8,11-13H,9-10H2,1-4H3. The van der Waals surface area contributed by atoms with E-state index in [1.54, 1.807) is 25.1 Å². The molecule has 0 aliphatic rings. The lowest BCUT2D eigenvalue weighted by molar-refractivity contribution is 0.0773. The first-order valence-electron chi connectivity index (χ1n) is 8.25. The molecule has 0 atom stereocenters. The Bertz CT molecular complexity index is 735. The zero-order valence-electron chi connectivity index (χ0n) is 15.4. The highest BCUT2D eigenvalue weighted by Crippen LogP contribution is 2.24. The molecule has 0 bridgehead atoms. The van der Waals surface area contributed by atoms with Crippen molar-refractivity contribution in [1.82, 2.24) is 9.88 Å². The van der Waals surface area contributed by atoms with E-state index >= 15 is 0 Å². The van der Waals surface area contributed by atoms with Gasteiger partial charge in [-0.3, -0.25) is 4.79 Å². The number of amides is 1. The summed E-state index contributed by atoms with van der Waals surface area (Å²) in [7, 11) is 3.31. The molecule has 1 heterocycles. The molecule has 2 aromatic rings. The maximum Gasteiger partial charge on any atom is 0.255 e. The SMILES string of the molecule is COc1ccc(OCCN(C)C(=O)c2cnc(OC(C)C)c(Cl)c2)cc1. The van der Waals surface area contributed by atoms with Crippen LogP contribution in [0.15, 0.2) is 36.5 Å². The molecule has 0 spiro atoms. The molecule has 0 saturated carbocycles. The van der Waals surface area contributed by atoms with Crippen molar-refractivity contribution in [3.8, 4) is 17.4 Å². The number of ether oxygens (including phenoxy) is 3. The molecule has 0 fully saturated rings. The third-order valence-corrected chi connectivity index (χ3v) is 3.77. The van der Waals surface area contributed by atoms with Crippen molar-refractivity contribution >= 4 is 17.5 Å². The topological polar surface area (TPSA) is 60.9 Å². The molecule has 6 nitrogen and oxygen atoms in total. The van der Waals surface area contributed by atoms with Gasteiger partial charge in [0.15, 0.2) is 0 Å². The van der Waals surface area contributed by atoms with Crippen LogP contribution in [-0.2, 0) is 0 Å². The molecule has 26 heavy (non-hydrogen) atoms. The molecule has 1 aromatic heterocycles. The van der Waals surface area contributed by atoms with E-state index in [0.717, 1.165) is 5.75 Å². The maximum absolute atomic E-state index is 12.5. The van der Waals surface area contributed by atoms with Crippen LogP contribution in [0.4, 0.5) is 0 Å². The minimum atomic E-state index is -0.186. The number of pyridine rings is 1. The van der Waals surface area contributed by atoms with Crippen LogP contribution in [0.2, 0.25) is 5.02 Å². The number of nitrogens with zero attached hydrogens (tertiary/aromatic N) is 2. The summed E-state index contributed by atoms with van der Waals surface area (Å²) >= 11 is 6.14. The van der Waals surface area contributed by atoms with Gasteiger partial charge in [0.05, 0.1) is 25.3 Å². The van der Waals surface area contributed by atoms with Gasteiger partial charge in [-0.15, -0.1) is 0 Å². The van der Waals surface area contributed by atoms with Crippen LogP contribution < -0.4 is 14.2 Å². The number of rotatable bonds is 8. The number of halogens is 1. The largest absolute Gasteiger partial charge is 0.497 e. The highest BCUT2D eigenvalue weighted by Gasteiger charge is 2.15. The van der Waals surface area contributed by atoms with E-state index < -0.39 is 0 Å². The highest BCUT2D eigenvalue weighted by atomic mass is 35.5. The molecule has 0 unspecified atom stereocenters. The Labute approximate surface area is 158 Å². The number of aromatic nitrogens is 1. The Kier molecular flexibility index (Phi) is 7.09. The average Bonchev–Trinajstić information content (AvgIpc) is 2.63. The molecule has 0 saturated heterocycles. The first kappa shape index (κ1) is 19.8. The number of likely N-dealkylation sites (N-methyl/N-ethyl adjacent to an activating group) is 1. The van der Waals surface area contributed by atoms with Gasteiger partial charge in [-0.05, 0) is 44.2 Å². The van der Waals surface area contributed by atoms with Crippen LogP contribution >= 0.6 is 11.6 Å². The first-order valence-corrected chi connectivity index (χ1v) is 8.63. The van der Waals surface area contributed by atoms with Gasteiger partial charge in [-0.2, -0.15) is 0 Å². The molecule has 1 amide bonds. The van der Waals surface area contributed by atoms with Gasteiger partial charge in [0, 0.05) is 13.2 Å². The molecular formula is C19H23ClN2O4. The van der Waals surface area contributed by atoms with Gasteiger partial charge < -0.3 is 19.1 Å². The van der Waals surface area contributed by atoms with E-state index in [-0.39, 0.29) is 12.0 Å². The van der Waals surface area contributed by atoms with E-state index in [1.807, 2.05) is 38.1 Å². The molecular weight excluding hydrogens is 356 g/mol. The molecule has 0 N–H and O–H groups in total. The Morgan fingerprint density at radius 2 is 1.88 bits per heavy atom. The van der Waals surface area contributed by atoms with Gasteiger partial charge in [0.2, 0.25) is 5.88 Å². The van der Waals surface area contributed by atoms with Crippen molar-refractivity contribution < 1.29 is 19.0 Å². The van der Waals surface area contributed by atoms with Gasteiger partial charge in [-0.1, -0.05) is 11.6 Å². The van der Waals surface area contributed by atoms with E-state index in [1.165, 1.54) is 6.20 Å². The van der Waals surface area contributed by atoms with Crippen LogP contribution in [-0.4, -0.2) is 49.2 Å². The molecule has 0 radical (unpaired) electrons. The lowest BCUT2D eigenvalue weighted by atomic mass is 10.2. The second kappa shape index (κ2) is 9.29. The van der Waals surface area contributed by atoms with Crippen LogP contribution in [0.3, 0.4) is 0 Å². The van der Waals surface area contributed by atoms with Crippen molar-refractivity contribution in [2.75, 3.05) is 27.3 Å². The molecule has 0 aliphatic heterocycles. The maximum atomic E-state index is 12.5. The van der Waals surface area contributed by atoms with E-state index in [2.05, 4.69) is 4.98 Å². The van der Waals surface area contributed by atoms with Crippen LogP contribution in [0.5, 0.6) is 17.4 Å². The lowest BCUT2D eigenvalue weighted by Crippen LogP contribution is -2.31. The number of hydrogen-bond donors (Lipinski definition) is 0. The number of methoxy groups -OCH3 is 1. The van der Waals surface area contributed by atoms with Crippen molar-refractivity contribution in [3.63, 3.8) is 0 Å². The Hall–Kier alpha value is -2.47. The summed E-state index contributed by atoms with van der Waals surface area (Å²) in [5, 5.41) is 0.312.